The van der Waals surface area contributed by atoms with E-state index < -0.39 is 28.4 Å². The minimum absolute atomic E-state index is 0.150. The molecule has 9 nitrogen and oxygen atoms in total. The van der Waals surface area contributed by atoms with Gasteiger partial charge in [-0.05, 0) is 6.92 Å². The van der Waals surface area contributed by atoms with Gasteiger partial charge < -0.3 is 19.9 Å². The predicted molar refractivity (Wildman–Crippen MR) is 80.0 cm³/mol. The van der Waals surface area contributed by atoms with Gasteiger partial charge in [-0.25, -0.2) is 0 Å². The van der Waals surface area contributed by atoms with Gasteiger partial charge in [0.1, 0.15) is 5.56 Å². The summed E-state index contributed by atoms with van der Waals surface area (Å²) in [6.45, 7) is 3.24. The molecular formula is C14H18N2O7. The van der Waals surface area contributed by atoms with E-state index >= 15 is 0 Å². The summed E-state index contributed by atoms with van der Waals surface area (Å²) in [4.78, 5) is 33.3. The van der Waals surface area contributed by atoms with E-state index in [4.69, 9.17) is 14.6 Å². The Hall–Kier alpha value is -2.84. The van der Waals surface area contributed by atoms with E-state index in [1.165, 1.54) is 20.1 Å². The number of rotatable bonds is 8. The van der Waals surface area contributed by atoms with Crippen molar-refractivity contribution in [3.63, 3.8) is 0 Å². The van der Waals surface area contributed by atoms with E-state index in [1.54, 1.807) is 6.92 Å². The van der Waals surface area contributed by atoms with Crippen molar-refractivity contribution < 1.29 is 29.1 Å². The third-order valence-corrected chi connectivity index (χ3v) is 3.01. The van der Waals surface area contributed by atoms with Crippen LogP contribution in [-0.4, -0.2) is 42.2 Å². The van der Waals surface area contributed by atoms with Gasteiger partial charge in [-0.15, -0.1) is 0 Å². The quantitative estimate of drug-likeness (QED) is 0.546. The second kappa shape index (κ2) is 7.97. The SMILES string of the molecule is CCOc1cc([N+](=O)[O-])c(C(=O)NCC(C)C(=O)O)cc1OC. The van der Waals surface area contributed by atoms with E-state index in [9.17, 15) is 19.7 Å². The number of hydrogen-bond acceptors (Lipinski definition) is 6. The molecule has 0 spiro atoms. The number of ether oxygens (including phenoxy) is 2. The fourth-order valence-electron chi connectivity index (χ4n) is 1.74. The van der Waals surface area contributed by atoms with Gasteiger partial charge in [-0.1, -0.05) is 6.92 Å². The van der Waals surface area contributed by atoms with Gasteiger partial charge in [0.15, 0.2) is 11.5 Å². The maximum atomic E-state index is 12.1. The smallest absolute Gasteiger partial charge is 0.308 e. The molecule has 0 saturated heterocycles. The second-order valence-corrected chi connectivity index (χ2v) is 4.66. The fraction of sp³-hybridized carbons (Fsp3) is 0.429. The van der Waals surface area contributed by atoms with Crippen LogP contribution in [0, 0.1) is 16.0 Å². The van der Waals surface area contributed by atoms with E-state index in [0.717, 1.165) is 6.07 Å². The normalized spacial score (nSPS) is 11.4. The van der Waals surface area contributed by atoms with Crippen LogP contribution in [0.25, 0.3) is 0 Å². The summed E-state index contributed by atoms with van der Waals surface area (Å²) in [5, 5.41) is 22.3. The zero-order valence-electron chi connectivity index (χ0n) is 13.0. The third-order valence-electron chi connectivity index (χ3n) is 3.01. The number of methoxy groups -OCH3 is 1. The van der Waals surface area contributed by atoms with Gasteiger partial charge in [-0.2, -0.15) is 0 Å². The number of benzene rings is 1. The van der Waals surface area contributed by atoms with Crippen LogP contribution in [0.2, 0.25) is 0 Å². The van der Waals surface area contributed by atoms with Crippen LogP contribution in [0.1, 0.15) is 24.2 Å². The van der Waals surface area contributed by atoms with Crippen molar-refractivity contribution in [2.75, 3.05) is 20.3 Å². The molecule has 0 aliphatic carbocycles. The van der Waals surface area contributed by atoms with Crippen molar-refractivity contribution in [1.29, 1.82) is 0 Å². The van der Waals surface area contributed by atoms with E-state index in [1.807, 2.05) is 0 Å². The zero-order chi connectivity index (χ0) is 17.6. The average Bonchev–Trinajstić information content (AvgIpc) is 2.51. The molecule has 1 aromatic rings. The van der Waals surface area contributed by atoms with Crippen molar-refractivity contribution >= 4 is 17.6 Å². The van der Waals surface area contributed by atoms with Gasteiger partial charge >= 0.3 is 5.97 Å². The molecule has 0 heterocycles. The topological polar surface area (TPSA) is 128 Å². The van der Waals surface area contributed by atoms with Crippen LogP contribution in [0.15, 0.2) is 12.1 Å². The molecule has 0 radical (unpaired) electrons. The van der Waals surface area contributed by atoms with Crippen molar-refractivity contribution in [1.82, 2.24) is 5.32 Å². The number of carbonyl (C=O) groups is 2. The van der Waals surface area contributed by atoms with E-state index in [2.05, 4.69) is 5.32 Å². The lowest BCUT2D eigenvalue weighted by Crippen LogP contribution is -2.31. The minimum Gasteiger partial charge on any atom is -0.493 e. The highest BCUT2D eigenvalue weighted by Gasteiger charge is 2.25. The molecule has 1 amide bonds. The Balaban J connectivity index is 3.15. The third kappa shape index (κ3) is 4.56. The average molecular weight is 326 g/mol. The summed E-state index contributed by atoms with van der Waals surface area (Å²) in [7, 11) is 1.35. The number of nitrogens with zero attached hydrogens (tertiary/aromatic N) is 1. The first-order valence-electron chi connectivity index (χ1n) is 6.82. The van der Waals surface area contributed by atoms with Crippen molar-refractivity contribution in [3.8, 4) is 11.5 Å². The maximum Gasteiger partial charge on any atom is 0.308 e. The molecule has 1 unspecified atom stereocenters. The summed E-state index contributed by atoms with van der Waals surface area (Å²) < 4.78 is 10.3. The Bertz CT molecular complexity index is 615. The number of amides is 1. The summed E-state index contributed by atoms with van der Waals surface area (Å²) in [5.74, 6) is -2.33. The molecule has 1 aromatic carbocycles. The van der Waals surface area contributed by atoms with Crippen molar-refractivity contribution in [2.24, 2.45) is 5.92 Å². The number of nitro benzene ring substituents is 1. The highest BCUT2D eigenvalue weighted by molar-refractivity contribution is 5.99. The van der Waals surface area contributed by atoms with E-state index in [-0.39, 0.29) is 30.2 Å². The zero-order valence-corrected chi connectivity index (χ0v) is 13.0. The second-order valence-electron chi connectivity index (χ2n) is 4.66. The molecule has 1 rings (SSSR count). The Morgan fingerprint density at radius 3 is 2.52 bits per heavy atom. The van der Waals surface area contributed by atoms with Crippen LogP contribution < -0.4 is 14.8 Å². The van der Waals surface area contributed by atoms with Crippen LogP contribution in [0.4, 0.5) is 5.69 Å². The maximum absolute atomic E-state index is 12.1. The molecule has 1 atom stereocenters. The lowest BCUT2D eigenvalue weighted by Gasteiger charge is -2.12. The number of hydrogen-bond donors (Lipinski definition) is 2. The monoisotopic (exact) mass is 326 g/mol. The molecule has 0 aliphatic rings. The van der Waals surface area contributed by atoms with Crippen LogP contribution in [0.5, 0.6) is 11.5 Å². The lowest BCUT2D eigenvalue weighted by atomic mass is 10.1. The molecule has 0 aromatic heterocycles. The van der Waals surface area contributed by atoms with Crippen LogP contribution in [0.3, 0.4) is 0 Å². The van der Waals surface area contributed by atoms with Crippen molar-refractivity contribution in [3.05, 3.63) is 27.8 Å². The highest BCUT2D eigenvalue weighted by atomic mass is 16.6. The van der Waals surface area contributed by atoms with Crippen LogP contribution >= 0.6 is 0 Å². The standard InChI is InChI=1S/C14H18N2O7/c1-4-23-12-6-10(16(20)21)9(5-11(12)22-3)13(17)15-7-8(2)14(18)19/h5-6,8H,4,7H2,1-3H3,(H,15,17)(H,18,19). The van der Waals surface area contributed by atoms with E-state index in [0.29, 0.717) is 0 Å². The lowest BCUT2D eigenvalue weighted by molar-refractivity contribution is -0.385. The summed E-state index contributed by atoms with van der Waals surface area (Å²) >= 11 is 0. The Morgan fingerprint density at radius 1 is 1.39 bits per heavy atom. The largest absolute Gasteiger partial charge is 0.493 e. The first-order chi connectivity index (χ1) is 10.8. The van der Waals surface area contributed by atoms with Gasteiger partial charge in [0.2, 0.25) is 0 Å². The number of nitro groups is 1. The van der Waals surface area contributed by atoms with Gasteiger partial charge in [0, 0.05) is 12.6 Å². The Morgan fingerprint density at radius 2 is 2.04 bits per heavy atom. The predicted octanol–water partition coefficient (Wildman–Crippen LogP) is 1.45. The number of carbonyl (C=O) groups excluding carboxylic acids is 1. The molecule has 0 fully saturated rings. The Labute approximate surface area is 132 Å². The summed E-state index contributed by atoms with van der Waals surface area (Å²) in [6, 6.07) is 2.31. The van der Waals surface area contributed by atoms with Gasteiger partial charge in [-0.3, -0.25) is 19.7 Å². The van der Waals surface area contributed by atoms with Gasteiger partial charge in [0.25, 0.3) is 11.6 Å². The number of nitrogens with one attached hydrogen (secondary N) is 1. The molecule has 0 saturated carbocycles. The first kappa shape index (κ1) is 18.2. The highest BCUT2D eigenvalue weighted by Crippen LogP contribution is 2.34. The number of carboxylic acids is 1. The Kier molecular flexibility index (Phi) is 6.31. The number of carboxylic acid groups (broad SMARTS) is 1. The molecule has 23 heavy (non-hydrogen) atoms. The summed E-state index contributed by atoms with van der Waals surface area (Å²) in [5.41, 5.74) is -0.678. The fourth-order valence-corrected chi connectivity index (χ4v) is 1.74. The molecule has 2 N–H and O–H groups in total. The van der Waals surface area contributed by atoms with Crippen molar-refractivity contribution in [2.45, 2.75) is 13.8 Å². The van der Waals surface area contributed by atoms with Crippen LogP contribution in [-0.2, 0) is 4.79 Å². The minimum atomic E-state index is -1.08. The molecule has 0 bridgehead atoms. The van der Waals surface area contributed by atoms with Gasteiger partial charge in [0.05, 0.1) is 30.6 Å². The molecule has 0 aliphatic heterocycles. The molecule has 126 valence electrons. The molecule has 9 heteroatoms. The number of aliphatic carboxylic acids is 1. The summed E-state index contributed by atoms with van der Waals surface area (Å²) in [6.07, 6.45) is 0. The first-order valence-corrected chi connectivity index (χ1v) is 6.82. The molecular weight excluding hydrogens is 308 g/mol.